The number of aliphatic hydroxyl groups is 1. The number of hydrogen-bond donors (Lipinski definition) is 2. The molecule has 0 spiro atoms. The number of nitrogens with zero attached hydrogens (tertiary/aromatic N) is 1. The van der Waals surface area contributed by atoms with Crippen LogP contribution in [-0.2, 0) is 19.1 Å². The summed E-state index contributed by atoms with van der Waals surface area (Å²) in [6, 6.07) is 15.1. The summed E-state index contributed by atoms with van der Waals surface area (Å²) in [7, 11) is 0. The summed E-state index contributed by atoms with van der Waals surface area (Å²) >= 11 is 0. The first kappa shape index (κ1) is 21.6. The van der Waals surface area contributed by atoms with Gasteiger partial charge >= 0.3 is 6.18 Å². The predicted molar refractivity (Wildman–Crippen MR) is 111 cm³/mol. The molecule has 30 heavy (non-hydrogen) atoms. The van der Waals surface area contributed by atoms with Gasteiger partial charge in [0.15, 0.2) is 0 Å². The van der Waals surface area contributed by atoms with Crippen LogP contribution in [0.1, 0.15) is 29.2 Å². The van der Waals surface area contributed by atoms with E-state index in [0.717, 1.165) is 22.8 Å². The predicted octanol–water partition coefficient (Wildman–Crippen LogP) is 4.40. The van der Waals surface area contributed by atoms with Gasteiger partial charge in [-0.15, -0.1) is 0 Å². The van der Waals surface area contributed by atoms with E-state index in [0.29, 0.717) is 12.0 Å². The molecule has 0 saturated carbocycles. The van der Waals surface area contributed by atoms with E-state index >= 15 is 0 Å². The summed E-state index contributed by atoms with van der Waals surface area (Å²) in [5.74, 6) is 0. The highest BCUT2D eigenvalue weighted by molar-refractivity contribution is 5.65. The second kappa shape index (κ2) is 8.36. The van der Waals surface area contributed by atoms with Gasteiger partial charge in [0.05, 0.1) is 23.9 Å². The Morgan fingerprint density at radius 3 is 2.27 bits per heavy atom. The topological polar surface area (TPSA) is 68.2 Å². The first-order valence-corrected chi connectivity index (χ1v) is 9.49. The third-order valence-corrected chi connectivity index (χ3v) is 4.85. The standard InChI is InChI=1S/C23H23F3N2O2/c1-14-4-3-5-18(10-14)20-12-19(23(24,25)26)21(27)22(30)28(20)13-17-8-6-16(7-9-17)11-15(2)29/h3-10,12,15,29H,11,13,27H2,1-2H3. The fourth-order valence-corrected chi connectivity index (χ4v) is 3.40. The molecule has 2 aromatic carbocycles. The lowest BCUT2D eigenvalue weighted by atomic mass is 10.0. The molecule has 0 aliphatic rings. The first-order chi connectivity index (χ1) is 14.1. The number of rotatable bonds is 5. The summed E-state index contributed by atoms with van der Waals surface area (Å²) in [6.07, 6.45) is -4.73. The number of nitrogens with two attached hydrogens (primary N) is 1. The van der Waals surface area contributed by atoms with Crippen molar-refractivity contribution in [2.75, 3.05) is 5.73 Å². The molecule has 3 rings (SSSR count). The third kappa shape index (κ3) is 4.74. The molecule has 7 heteroatoms. The second-order valence-electron chi connectivity index (χ2n) is 7.49. The number of aryl methyl sites for hydroxylation is 1. The minimum absolute atomic E-state index is 0.0689. The lowest BCUT2D eigenvalue weighted by Gasteiger charge is -2.19. The largest absolute Gasteiger partial charge is 0.418 e. The van der Waals surface area contributed by atoms with Crippen molar-refractivity contribution in [3.05, 3.63) is 87.2 Å². The van der Waals surface area contributed by atoms with E-state index in [4.69, 9.17) is 5.73 Å². The fourth-order valence-electron chi connectivity index (χ4n) is 3.40. The first-order valence-electron chi connectivity index (χ1n) is 9.49. The summed E-state index contributed by atoms with van der Waals surface area (Å²) < 4.78 is 41.7. The minimum Gasteiger partial charge on any atom is -0.394 e. The number of alkyl halides is 3. The number of anilines is 1. The van der Waals surface area contributed by atoms with Crippen LogP contribution in [0.5, 0.6) is 0 Å². The Morgan fingerprint density at radius 1 is 1.07 bits per heavy atom. The van der Waals surface area contributed by atoms with Crippen LogP contribution in [0.4, 0.5) is 18.9 Å². The SMILES string of the molecule is Cc1cccc(-c2cc(C(F)(F)F)c(N)c(=O)n2Cc2ccc(CC(C)O)cc2)c1. The molecule has 158 valence electrons. The Morgan fingerprint density at radius 2 is 1.70 bits per heavy atom. The van der Waals surface area contributed by atoms with Crippen LogP contribution >= 0.6 is 0 Å². The molecule has 0 bridgehead atoms. The van der Waals surface area contributed by atoms with E-state index in [1.807, 2.05) is 25.1 Å². The smallest absolute Gasteiger partial charge is 0.394 e. The van der Waals surface area contributed by atoms with Crippen LogP contribution < -0.4 is 11.3 Å². The van der Waals surface area contributed by atoms with Crippen molar-refractivity contribution in [2.24, 2.45) is 0 Å². The van der Waals surface area contributed by atoms with Crippen molar-refractivity contribution < 1.29 is 18.3 Å². The van der Waals surface area contributed by atoms with Crippen LogP contribution in [0.25, 0.3) is 11.3 Å². The molecule has 0 aliphatic heterocycles. The molecular formula is C23H23F3N2O2. The van der Waals surface area contributed by atoms with Gasteiger partial charge in [-0.05, 0) is 49.1 Å². The number of pyridine rings is 1. The molecule has 0 radical (unpaired) electrons. The van der Waals surface area contributed by atoms with E-state index in [1.165, 1.54) is 4.57 Å². The number of nitrogen functional groups attached to an aromatic ring is 1. The van der Waals surface area contributed by atoms with Crippen LogP contribution in [0.3, 0.4) is 0 Å². The lowest BCUT2D eigenvalue weighted by molar-refractivity contribution is -0.137. The molecule has 4 nitrogen and oxygen atoms in total. The molecule has 3 N–H and O–H groups in total. The maximum absolute atomic E-state index is 13.5. The van der Waals surface area contributed by atoms with Crippen molar-refractivity contribution >= 4 is 5.69 Å². The Labute approximate surface area is 172 Å². The zero-order chi connectivity index (χ0) is 22.1. The van der Waals surface area contributed by atoms with Gasteiger partial charge in [0.25, 0.3) is 5.56 Å². The number of benzene rings is 2. The summed E-state index contributed by atoms with van der Waals surface area (Å²) in [4.78, 5) is 12.8. The summed E-state index contributed by atoms with van der Waals surface area (Å²) in [6.45, 7) is 3.58. The van der Waals surface area contributed by atoms with Crippen LogP contribution in [0.15, 0.2) is 59.4 Å². The molecular weight excluding hydrogens is 393 g/mol. The van der Waals surface area contributed by atoms with Crippen LogP contribution in [0, 0.1) is 6.92 Å². The van der Waals surface area contributed by atoms with Gasteiger partial charge in [-0.3, -0.25) is 4.79 Å². The Kier molecular flexibility index (Phi) is 6.03. The average molecular weight is 416 g/mol. The fraction of sp³-hybridized carbons (Fsp3) is 0.261. The van der Waals surface area contributed by atoms with E-state index in [-0.39, 0.29) is 12.2 Å². The van der Waals surface area contributed by atoms with E-state index in [2.05, 4.69) is 0 Å². The number of halogens is 3. The molecule has 1 atom stereocenters. The average Bonchev–Trinajstić information content (AvgIpc) is 2.65. The third-order valence-electron chi connectivity index (χ3n) is 4.85. The maximum atomic E-state index is 13.5. The molecule has 1 unspecified atom stereocenters. The van der Waals surface area contributed by atoms with Gasteiger partial charge < -0.3 is 15.4 Å². The van der Waals surface area contributed by atoms with E-state index in [9.17, 15) is 23.1 Å². The minimum atomic E-state index is -4.73. The quantitative estimate of drug-likeness (QED) is 0.648. The van der Waals surface area contributed by atoms with Crippen LogP contribution in [-0.4, -0.2) is 15.8 Å². The second-order valence-corrected chi connectivity index (χ2v) is 7.49. The van der Waals surface area contributed by atoms with Crippen LogP contribution in [0.2, 0.25) is 0 Å². The molecule has 1 heterocycles. The lowest BCUT2D eigenvalue weighted by Crippen LogP contribution is -2.28. The van der Waals surface area contributed by atoms with Gasteiger partial charge in [-0.25, -0.2) is 0 Å². The molecule has 0 amide bonds. The monoisotopic (exact) mass is 416 g/mol. The summed E-state index contributed by atoms with van der Waals surface area (Å²) in [5.41, 5.74) is 5.94. The van der Waals surface area contributed by atoms with Gasteiger partial charge in [0.2, 0.25) is 0 Å². The van der Waals surface area contributed by atoms with Gasteiger partial charge in [0, 0.05) is 0 Å². The highest BCUT2D eigenvalue weighted by atomic mass is 19.4. The molecule has 0 saturated heterocycles. The van der Waals surface area contributed by atoms with Crippen molar-refractivity contribution in [2.45, 2.75) is 39.1 Å². The zero-order valence-corrected chi connectivity index (χ0v) is 16.7. The zero-order valence-electron chi connectivity index (χ0n) is 16.7. The number of aliphatic hydroxyl groups excluding tert-OH is 1. The van der Waals surface area contributed by atoms with Gasteiger partial charge in [0.1, 0.15) is 5.69 Å². The normalized spacial score (nSPS) is 12.7. The maximum Gasteiger partial charge on any atom is 0.418 e. The van der Waals surface area contributed by atoms with Gasteiger partial charge in [-0.1, -0.05) is 48.0 Å². The van der Waals surface area contributed by atoms with Gasteiger partial charge in [-0.2, -0.15) is 13.2 Å². The van der Waals surface area contributed by atoms with E-state index < -0.39 is 29.1 Å². The molecule has 1 aromatic heterocycles. The van der Waals surface area contributed by atoms with E-state index in [1.54, 1.807) is 37.3 Å². The number of hydrogen-bond acceptors (Lipinski definition) is 3. The van der Waals surface area contributed by atoms with Crippen molar-refractivity contribution in [3.8, 4) is 11.3 Å². The molecule has 0 aliphatic carbocycles. The highest BCUT2D eigenvalue weighted by Gasteiger charge is 2.35. The Hall–Kier alpha value is -3.06. The summed E-state index contributed by atoms with van der Waals surface area (Å²) in [5, 5.41) is 9.50. The molecule has 3 aromatic rings. The molecule has 0 fully saturated rings. The van der Waals surface area contributed by atoms with Crippen molar-refractivity contribution in [1.29, 1.82) is 0 Å². The van der Waals surface area contributed by atoms with Crippen molar-refractivity contribution in [1.82, 2.24) is 4.57 Å². The highest BCUT2D eigenvalue weighted by Crippen LogP contribution is 2.35. The van der Waals surface area contributed by atoms with Crippen molar-refractivity contribution in [3.63, 3.8) is 0 Å². The Bertz CT molecular complexity index is 1100. The Balaban J connectivity index is 2.13. The number of aromatic nitrogens is 1.